The Morgan fingerprint density at radius 2 is 1.32 bits per heavy atom. The van der Waals surface area contributed by atoms with Crippen LogP contribution in [0.2, 0.25) is 0 Å². The number of nitrogens with one attached hydrogen (secondary N) is 11. The smallest absolute Gasteiger partial charge is 0.407 e. The van der Waals surface area contributed by atoms with Gasteiger partial charge >= 0.3 is 18.0 Å². The molecular weight excluding hydrogens is 1530 g/mol. The normalized spacial score (nSPS) is 16.1. The Labute approximate surface area is 672 Å². The van der Waals surface area contributed by atoms with E-state index in [1.54, 1.807) is 49.6 Å². The number of benzene rings is 4. The maximum Gasteiger partial charge on any atom is 0.407 e. The van der Waals surface area contributed by atoms with Crippen molar-refractivity contribution in [2.24, 2.45) is 5.73 Å². The van der Waals surface area contributed by atoms with E-state index in [0.717, 1.165) is 62.0 Å². The number of carbonyl (C=O) groups excluding carboxylic acids is 12. The molecule has 0 aliphatic carbocycles. The van der Waals surface area contributed by atoms with Gasteiger partial charge in [-0.2, -0.15) is 0 Å². The average Bonchev–Trinajstić information content (AvgIpc) is 1.68. The predicted molar refractivity (Wildman–Crippen MR) is 417 cm³/mol. The number of hydrogen-bond donors (Lipinski definition) is 16. The van der Waals surface area contributed by atoms with Crippen LogP contribution >= 0.6 is 0 Å². The molecule has 0 bridgehead atoms. The van der Waals surface area contributed by atoms with Gasteiger partial charge in [0, 0.05) is 63.7 Å². The standard InChI is InChI=1S/C80H100FN15O21/c1-10-48-34-52(116-8)25-26-54(48)49-23-20-46(21-24-49)32-59(70(106)87-58(68(82)104)33-47-22-27-56(84-38-47)53-18-13-11-16-43(53)2)88-71(107)60(36-65(102)103)89-72(108)62(41-97)90-73(109)66(44(3)98)94-76(112)79(5,37-50-17-12-14-19-55(50)81)95-74(110)67(45(4)115-7)93-63(99)40-85-69(105)57(28-29-64(100)101)91-77(113)80(6)30-15-31-96(80)75(111)61(92-78(114)117-9)35-51-39-83-42-86-51/h11-14,16-27,34,38-39,42,44-45,57-62,66-67,97-98H,10,15,28-33,35-37,40-41H2,1-9H3,(H2,82,104)(H,83,86)(H,85,105)(H,87,106)(H,88,107)(H,89,108)(H,90,109)(H,91,113)(H,92,114)(H,93,99)(H,94,112)(H,95,110)(H,100,101)(H,102,103)/t44-,45-,57+,58+,59+,60+,61+,62+,66+,67+,79?,80?/m1/s1. The number of aliphatic carboxylic acids is 2. The molecule has 628 valence electrons. The van der Waals surface area contributed by atoms with E-state index in [9.17, 15) is 87.5 Å². The largest absolute Gasteiger partial charge is 0.497 e. The molecule has 37 heteroatoms. The monoisotopic (exact) mass is 1630 g/mol. The number of rotatable bonds is 42. The predicted octanol–water partition coefficient (Wildman–Crippen LogP) is 0.151. The maximum absolute atomic E-state index is 15.6. The number of aliphatic hydroxyl groups is 2. The molecule has 117 heavy (non-hydrogen) atoms. The first-order chi connectivity index (χ1) is 55.5. The fourth-order valence-electron chi connectivity index (χ4n) is 13.1. The molecule has 4 aromatic carbocycles. The number of pyridine rings is 1. The van der Waals surface area contributed by atoms with E-state index in [1.165, 1.54) is 55.7 Å². The highest BCUT2D eigenvalue weighted by Gasteiger charge is 2.49. The number of primary amides is 1. The number of halogens is 1. The van der Waals surface area contributed by atoms with Crippen molar-refractivity contribution in [1.82, 2.24) is 73.0 Å². The van der Waals surface area contributed by atoms with Gasteiger partial charge in [-0.1, -0.05) is 85.8 Å². The number of hydrogen-bond acceptors (Lipinski definition) is 21. The molecule has 1 saturated heterocycles. The fraction of sp³-hybridized carbons (Fsp3) is 0.425. The SMILES string of the molecule is CCc1cc(OC)ccc1-c1ccc(C[C@H](NC(=O)[C@H](CC(=O)O)NC(=O)[C@H](CO)NC(=O)[C@@H](NC(=O)C(C)(Cc2ccccc2F)NC(=O)[C@@H](NC(=O)CNC(=O)[C@H](CCC(=O)O)NC(=O)C2(C)CCCN2C(=O)[C@H](Cc2c[nH]cn2)NC(=O)OC)[C@@H](C)OC)[C@@H](C)O)C(=O)N[C@@H](Cc2ccc(-c3ccccc3C)nc2)C(N)=O)cc1. The number of ether oxygens (including phenoxy) is 3. The number of aromatic amines is 1. The van der Waals surface area contributed by atoms with Crippen LogP contribution in [0.15, 0.2) is 122 Å². The second-order valence-corrected chi connectivity index (χ2v) is 28.5. The van der Waals surface area contributed by atoms with Gasteiger partial charge in [0.15, 0.2) is 0 Å². The molecule has 12 amide bonds. The number of nitrogens with zero attached hydrogens (tertiary/aromatic N) is 3. The van der Waals surface area contributed by atoms with Crippen LogP contribution in [-0.4, -0.2) is 236 Å². The minimum Gasteiger partial charge on any atom is -0.497 e. The quantitative estimate of drug-likeness (QED) is 0.0242. The lowest BCUT2D eigenvalue weighted by atomic mass is 9.90. The fourth-order valence-corrected chi connectivity index (χ4v) is 13.1. The minimum atomic E-state index is -2.40. The zero-order valence-corrected chi connectivity index (χ0v) is 66.0. The molecule has 1 fully saturated rings. The Balaban J connectivity index is 1.06. The van der Waals surface area contributed by atoms with Gasteiger partial charge < -0.3 is 103 Å². The summed E-state index contributed by atoms with van der Waals surface area (Å²) in [6.07, 6.45) is -2.53. The van der Waals surface area contributed by atoms with Crippen LogP contribution in [0.1, 0.15) is 100 Å². The molecule has 0 spiro atoms. The highest BCUT2D eigenvalue weighted by molar-refractivity contribution is 6.01. The molecule has 17 N–H and O–H groups in total. The molecule has 7 rings (SSSR count). The second kappa shape index (κ2) is 42.6. The van der Waals surface area contributed by atoms with E-state index in [4.69, 9.17) is 19.9 Å². The lowest BCUT2D eigenvalue weighted by Gasteiger charge is -2.37. The number of likely N-dealkylation sites (tertiary alicyclic amines) is 1. The number of imidazole rings is 1. The number of carboxylic acid groups (broad SMARTS) is 2. The third-order valence-corrected chi connectivity index (χ3v) is 19.9. The van der Waals surface area contributed by atoms with E-state index in [0.29, 0.717) is 34.7 Å². The van der Waals surface area contributed by atoms with Crippen molar-refractivity contribution in [3.8, 4) is 28.1 Å². The van der Waals surface area contributed by atoms with E-state index in [1.807, 2.05) is 50.2 Å². The first kappa shape index (κ1) is 91.4. The van der Waals surface area contributed by atoms with Crippen LogP contribution in [0.3, 0.4) is 0 Å². The zero-order chi connectivity index (χ0) is 86.0. The summed E-state index contributed by atoms with van der Waals surface area (Å²) in [5.74, 6) is -15.7. The average molecular weight is 1630 g/mol. The Bertz CT molecular complexity index is 4550. The molecule has 1 aliphatic rings. The van der Waals surface area contributed by atoms with E-state index < -0.39 is 199 Å². The maximum atomic E-state index is 15.6. The van der Waals surface area contributed by atoms with Crippen LogP contribution in [0.25, 0.3) is 22.4 Å². The lowest BCUT2D eigenvalue weighted by Crippen LogP contribution is -2.67. The summed E-state index contributed by atoms with van der Waals surface area (Å²) in [5, 5.41) is 65.4. The van der Waals surface area contributed by atoms with E-state index >= 15 is 4.39 Å². The van der Waals surface area contributed by atoms with Gasteiger partial charge in [-0.25, -0.2) is 14.2 Å². The molecule has 0 saturated carbocycles. The summed E-state index contributed by atoms with van der Waals surface area (Å²) in [4.78, 5) is 206. The molecule has 0 radical (unpaired) electrons. The number of alkyl carbamates (subject to hydrolysis) is 1. The highest BCUT2D eigenvalue weighted by atomic mass is 19.1. The number of aliphatic hydroxyl groups excluding tert-OH is 2. The van der Waals surface area contributed by atoms with E-state index in [-0.39, 0.29) is 44.2 Å². The van der Waals surface area contributed by atoms with Gasteiger partial charge in [-0.15, -0.1) is 0 Å². The van der Waals surface area contributed by atoms with Crippen LogP contribution in [0, 0.1) is 12.7 Å². The minimum absolute atomic E-state index is 0.0221. The summed E-state index contributed by atoms with van der Waals surface area (Å²) < 4.78 is 31.2. The van der Waals surface area contributed by atoms with Gasteiger partial charge in [0.05, 0.1) is 63.7 Å². The molecule has 3 heterocycles. The summed E-state index contributed by atoms with van der Waals surface area (Å²) >= 11 is 0. The van der Waals surface area contributed by atoms with Gasteiger partial charge in [0.1, 0.15) is 71.0 Å². The Kier molecular flexibility index (Phi) is 33.2. The Morgan fingerprint density at radius 3 is 1.93 bits per heavy atom. The molecule has 2 aromatic heterocycles. The number of amides is 12. The van der Waals surface area contributed by atoms with Crippen molar-refractivity contribution in [1.29, 1.82) is 0 Å². The number of H-pyrrole nitrogens is 1. The zero-order valence-electron chi connectivity index (χ0n) is 66.0. The highest BCUT2D eigenvalue weighted by Crippen LogP contribution is 2.32. The molecular formula is C80H100FN15O21. The molecule has 12 atom stereocenters. The Morgan fingerprint density at radius 1 is 0.675 bits per heavy atom. The third kappa shape index (κ3) is 25.4. The van der Waals surface area contributed by atoms with Crippen molar-refractivity contribution in [2.45, 2.75) is 177 Å². The van der Waals surface area contributed by atoms with Crippen LogP contribution in [0.4, 0.5) is 9.18 Å². The number of nitrogens with two attached hydrogens (primary N) is 1. The molecule has 6 aromatic rings. The first-order valence-electron chi connectivity index (χ1n) is 37.5. The van der Waals surface area contributed by atoms with Crippen molar-refractivity contribution < 1.29 is 106 Å². The van der Waals surface area contributed by atoms with Crippen LogP contribution in [0.5, 0.6) is 5.75 Å². The molecule has 36 nitrogen and oxygen atoms in total. The van der Waals surface area contributed by atoms with Crippen LogP contribution in [-0.2, 0) is 104 Å². The number of carbonyl (C=O) groups is 14. The number of aromatic nitrogens is 3. The Hall–Kier alpha value is -12.8. The topological polar surface area (TPSA) is 539 Å². The first-order valence-corrected chi connectivity index (χ1v) is 37.5. The van der Waals surface area contributed by atoms with Gasteiger partial charge in [0.25, 0.3) is 0 Å². The van der Waals surface area contributed by atoms with Gasteiger partial charge in [0.2, 0.25) is 65.0 Å². The number of carboxylic acids is 2. The van der Waals surface area contributed by atoms with Crippen molar-refractivity contribution in [3.63, 3.8) is 0 Å². The van der Waals surface area contributed by atoms with E-state index in [2.05, 4.69) is 68.1 Å². The third-order valence-electron chi connectivity index (χ3n) is 19.9. The lowest BCUT2D eigenvalue weighted by molar-refractivity contribution is -0.146. The summed E-state index contributed by atoms with van der Waals surface area (Å²) in [6, 6.07) is 14.3. The number of aryl methyl sites for hydroxylation is 2. The summed E-state index contributed by atoms with van der Waals surface area (Å²) in [6.45, 7) is 6.48. The molecule has 2 unspecified atom stereocenters. The van der Waals surface area contributed by atoms with Gasteiger partial charge in [-0.05, 0) is 124 Å². The summed E-state index contributed by atoms with van der Waals surface area (Å²) in [5.41, 5.74) is 7.95. The number of methoxy groups -OCH3 is 3. The summed E-state index contributed by atoms with van der Waals surface area (Å²) in [7, 11) is 3.77. The van der Waals surface area contributed by atoms with Crippen molar-refractivity contribution >= 4 is 83.0 Å². The second-order valence-electron chi connectivity index (χ2n) is 28.5. The molecule has 1 aliphatic heterocycles. The van der Waals surface area contributed by atoms with Crippen LogP contribution < -0.4 is 63.6 Å². The van der Waals surface area contributed by atoms with Crippen molar-refractivity contribution in [2.75, 3.05) is 41.0 Å². The van der Waals surface area contributed by atoms with Crippen molar-refractivity contribution in [3.05, 3.63) is 161 Å². The van der Waals surface area contributed by atoms with Gasteiger partial charge in [-0.3, -0.25) is 67.3 Å².